The molecule has 0 aliphatic heterocycles. The van der Waals surface area contributed by atoms with Crippen LogP contribution in [0.4, 0.5) is 0 Å². The molecular formula is C5H6NNaO2. The zero-order valence-corrected chi connectivity index (χ0v) is 7.76. The Morgan fingerprint density at radius 1 is 1.67 bits per heavy atom. The Morgan fingerprint density at radius 2 is 2.00 bits per heavy atom. The summed E-state index contributed by atoms with van der Waals surface area (Å²) in [5.74, 6) is -1.33. The van der Waals surface area contributed by atoms with Crippen molar-refractivity contribution in [1.29, 1.82) is 5.26 Å². The van der Waals surface area contributed by atoms with Gasteiger partial charge in [0.05, 0.1) is 17.5 Å². The van der Waals surface area contributed by atoms with Crippen molar-refractivity contribution in [2.24, 2.45) is 5.41 Å². The summed E-state index contributed by atoms with van der Waals surface area (Å²) in [6.45, 7) is 2.59. The van der Waals surface area contributed by atoms with Gasteiger partial charge in [0.15, 0.2) is 0 Å². The minimum Gasteiger partial charge on any atom is -0.548 e. The first kappa shape index (κ1) is 11.7. The molecule has 0 saturated carbocycles. The third kappa shape index (κ3) is 3.52. The maximum atomic E-state index is 9.92. The normalized spacial score (nSPS) is 9.00. The number of carboxylic acids is 1. The molecule has 0 amide bonds. The first-order chi connectivity index (χ1) is 3.50. The van der Waals surface area contributed by atoms with Crippen LogP contribution >= 0.6 is 0 Å². The number of hydrogen-bond acceptors (Lipinski definition) is 3. The van der Waals surface area contributed by atoms with E-state index in [1.165, 1.54) is 13.8 Å². The first-order valence-corrected chi connectivity index (χ1v) is 2.13. The van der Waals surface area contributed by atoms with Crippen molar-refractivity contribution in [3.8, 4) is 6.07 Å². The molecule has 0 radical (unpaired) electrons. The Balaban J connectivity index is 0. The quantitative estimate of drug-likeness (QED) is 0.347. The number of hydrogen-bond donors (Lipinski definition) is 0. The van der Waals surface area contributed by atoms with Gasteiger partial charge in [0, 0.05) is 0 Å². The number of carboxylic acid groups (broad SMARTS) is 1. The Hall–Kier alpha value is -0.0400. The van der Waals surface area contributed by atoms with Crippen molar-refractivity contribution in [3.63, 3.8) is 0 Å². The van der Waals surface area contributed by atoms with Crippen LogP contribution in [0.3, 0.4) is 0 Å². The minimum atomic E-state index is -1.35. The van der Waals surface area contributed by atoms with E-state index in [1.807, 2.05) is 0 Å². The molecule has 44 valence electrons. The third-order valence-corrected chi connectivity index (χ3v) is 0.790. The number of nitrogens with zero attached hydrogens (tertiary/aromatic N) is 1. The molecule has 0 bridgehead atoms. The van der Waals surface area contributed by atoms with Crippen molar-refractivity contribution < 1.29 is 39.5 Å². The van der Waals surface area contributed by atoms with Gasteiger partial charge in [-0.05, 0) is 13.8 Å². The summed E-state index contributed by atoms with van der Waals surface area (Å²) in [5, 5.41) is 18.0. The number of rotatable bonds is 1. The topological polar surface area (TPSA) is 63.9 Å². The molecule has 0 aliphatic carbocycles. The molecular weight excluding hydrogens is 129 g/mol. The van der Waals surface area contributed by atoms with E-state index in [0.717, 1.165) is 0 Å². The van der Waals surface area contributed by atoms with Crippen molar-refractivity contribution in [1.82, 2.24) is 0 Å². The zero-order valence-electron chi connectivity index (χ0n) is 5.76. The second kappa shape index (κ2) is 3.89. The van der Waals surface area contributed by atoms with E-state index in [9.17, 15) is 9.90 Å². The largest absolute Gasteiger partial charge is 1.00 e. The summed E-state index contributed by atoms with van der Waals surface area (Å²) in [4.78, 5) is 9.92. The Morgan fingerprint density at radius 3 is 2.00 bits per heavy atom. The van der Waals surface area contributed by atoms with Gasteiger partial charge in [-0.2, -0.15) is 5.26 Å². The maximum Gasteiger partial charge on any atom is 1.00 e. The van der Waals surface area contributed by atoms with Crippen molar-refractivity contribution >= 4 is 5.97 Å². The van der Waals surface area contributed by atoms with Crippen LogP contribution in [0.25, 0.3) is 0 Å². The van der Waals surface area contributed by atoms with E-state index < -0.39 is 11.4 Å². The maximum absolute atomic E-state index is 9.92. The summed E-state index contributed by atoms with van der Waals surface area (Å²) in [6.07, 6.45) is 0. The molecule has 0 spiro atoms. The molecule has 0 heterocycles. The van der Waals surface area contributed by atoms with Gasteiger partial charge in [-0.1, -0.05) is 0 Å². The molecule has 9 heavy (non-hydrogen) atoms. The first-order valence-electron chi connectivity index (χ1n) is 2.13. The number of nitriles is 1. The second-order valence-corrected chi connectivity index (χ2v) is 2.02. The van der Waals surface area contributed by atoms with Gasteiger partial charge >= 0.3 is 29.6 Å². The number of aliphatic carboxylic acids is 1. The van der Waals surface area contributed by atoms with Gasteiger partial charge in [0.2, 0.25) is 0 Å². The third-order valence-electron chi connectivity index (χ3n) is 0.790. The van der Waals surface area contributed by atoms with Crippen LogP contribution < -0.4 is 34.7 Å². The summed E-state index contributed by atoms with van der Waals surface area (Å²) in [5.41, 5.74) is -1.35. The van der Waals surface area contributed by atoms with Gasteiger partial charge in [0.25, 0.3) is 0 Å². The van der Waals surface area contributed by atoms with Crippen molar-refractivity contribution in [2.45, 2.75) is 13.8 Å². The van der Waals surface area contributed by atoms with E-state index in [2.05, 4.69) is 0 Å². The zero-order chi connectivity index (χ0) is 6.78. The molecule has 0 rings (SSSR count). The number of carbonyl (C=O) groups is 1. The van der Waals surface area contributed by atoms with Crippen LogP contribution in [-0.4, -0.2) is 5.97 Å². The standard InChI is InChI=1S/C5H7NO2.Na/c1-5(2,3-6)4(7)8;/h1-2H3,(H,7,8);/q;+1/p-1. The Labute approximate surface area is 76.0 Å². The van der Waals surface area contributed by atoms with E-state index in [4.69, 9.17) is 5.26 Å². The molecule has 0 aromatic carbocycles. The SMILES string of the molecule is CC(C)(C#N)C(=O)[O-].[Na+]. The molecule has 3 nitrogen and oxygen atoms in total. The van der Waals surface area contributed by atoms with Gasteiger partial charge < -0.3 is 9.90 Å². The predicted molar refractivity (Wildman–Crippen MR) is 24.4 cm³/mol. The molecule has 0 unspecified atom stereocenters. The predicted octanol–water partition coefficient (Wildman–Crippen LogP) is -3.71. The fourth-order valence-corrected chi connectivity index (χ4v) is 0.0456. The monoisotopic (exact) mass is 135 g/mol. The minimum absolute atomic E-state index is 0. The van der Waals surface area contributed by atoms with Gasteiger partial charge in [-0.15, -0.1) is 0 Å². The van der Waals surface area contributed by atoms with Crippen LogP contribution in [-0.2, 0) is 4.79 Å². The Kier molecular flexibility index (Phi) is 5.06. The van der Waals surface area contributed by atoms with Crippen molar-refractivity contribution in [3.05, 3.63) is 0 Å². The van der Waals surface area contributed by atoms with Gasteiger partial charge in [-0.25, -0.2) is 0 Å². The fraction of sp³-hybridized carbons (Fsp3) is 0.600. The van der Waals surface area contributed by atoms with Crippen LogP contribution in [0.5, 0.6) is 0 Å². The fourth-order valence-electron chi connectivity index (χ4n) is 0.0456. The summed E-state index contributed by atoms with van der Waals surface area (Å²) >= 11 is 0. The van der Waals surface area contributed by atoms with Gasteiger partial charge in [0.1, 0.15) is 0 Å². The molecule has 0 fully saturated rings. The molecule has 0 aromatic rings. The van der Waals surface area contributed by atoms with Crippen LogP contribution in [0.1, 0.15) is 13.8 Å². The number of carbonyl (C=O) groups excluding carboxylic acids is 1. The van der Waals surface area contributed by atoms with E-state index in [-0.39, 0.29) is 29.6 Å². The Bertz CT molecular complexity index is 148. The van der Waals surface area contributed by atoms with Crippen LogP contribution in [0.2, 0.25) is 0 Å². The summed E-state index contributed by atoms with van der Waals surface area (Å²) in [6, 6.07) is 1.58. The summed E-state index contributed by atoms with van der Waals surface area (Å²) in [7, 11) is 0. The molecule has 0 aromatic heterocycles. The molecule has 0 atom stereocenters. The van der Waals surface area contributed by atoms with Crippen LogP contribution in [0.15, 0.2) is 0 Å². The van der Waals surface area contributed by atoms with Crippen molar-refractivity contribution in [2.75, 3.05) is 0 Å². The summed E-state index contributed by atoms with van der Waals surface area (Å²) < 4.78 is 0. The average molecular weight is 135 g/mol. The smallest absolute Gasteiger partial charge is 0.548 e. The van der Waals surface area contributed by atoms with E-state index in [1.54, 1.807) is 6.07 Å². The molecule has 4 heteroatoms. The average Bonchev–Trinajstić information content (AvgIpc) is 1.67. The van der Waals surface area contributed by atoms with Gasteiger partial charge in [-0.3, -0.25) is 0 Å². The second-order valence-electron chi connectivity index (χ2n) is 2.02. The van der Waals surface area contributed by atoms with Crippen LogP contribution in [0, 0.1) is 16.7 Å². The molecule has 0 saturated heterocycles. The van der Waals surface area contributed by atoms with E-state index in [0.29, 0.717) is 0 Å². The van der Waals surface area contributed by atoms with E-state index >= 15 is 0 Å². The molecule has 0 aliphatic rings. The molecule has 0 N–H and O–H groups in total.